The molecule has 0 rings (SSSR count). The largest absolute Gasteiger partial charge is 0.370 e. The lowest BCUT2D eigenvalue weighted by Crippen LogP contribution is -2.46. The molecular weight excluding hydrogens is 170 g/mol. The van der Waals surface area contributed by atoms with E-state index in [0.29, 0.717) is 6.54 Å². The van der Waals surface area contributed by atoms with Crippen molar-refractivity contribution >= 4 is 11.8 Å². The summed E-state index contributed by atoms with van der Waals surface area (Å²) >= 11 is 0. The maximum absolute atomic E-state index is 11.1. The normalized spacial score (nSPS) is 11.0. The van der Waals surface area contributed by atoms with Gasteiger partial charge in [-0.3, -0.25) is 9.59 Å². The van der Waals surface area contributed by atoms with Crippen LogP contribution in [0.4, 0.5) is 0 Å². The van der Waals surface area contributed by atoms with E-state index >= 15 is 0 Å². The monoisotopic (exact) mass is 187 g/mol. The molecule has 5 N–H and O–H groups in total. The van der Waals surface area contributed by atoms with Crippen molar-refractivity contribution in [3.8, 4) is 0 Å². The Kier molecular flexibility index (Phi) is 4.40. The van der Waals surface area contributed by atoms with Gasteiger partial charge in [0, 0.05) is 24.9 Å². The molecule has 0 fully saturated rings. The first kappa shape index (κ1) is 11.9. The summed E-state index contributed by atoms with van der Waals surface area (Å²) in [5.41, 5.74) is 9.63. The van der Waals surface area contributed by atoms with Crippen LogP contribution in [0.25, 0.3) is 0 Å². The second kappa shape index (κ2) is 4.81. The molecule has 0 atom stereocenters. The van der Waals surface area contributed by atoms with E-state index < -0.39 is 11.4 Å². The number of primary amides is 1. The molecule has 0 spiro atoms. The smallest absolute Gasteiger partial charge is 0.221 e. The maximum Gasteiger partial charge on any atom is 0.221 e. The number of carbonyl (C=O) groups excluding carboxylic acids is 2. The predicted octanol–water partition coefficient (Wildman–Crippen LogP) is -0.895. The summed E-state index contributed by atoms with van der Waals surface area (Å²) in [4.78, 5) is 21.7. The van der Waals surface area contributed by atoms with E-state index in [4.69, 9.17) is 11.5 Å². The number of nitrogens with one attached hydrogen (secondary N) is 1. The molecule has 5 heteroatoms. The fourth-order valence-corrected chi connectivity index (χ4v) is 1.05. The van der Waals surface area contributed by atoms with Crippen LogP contribution in [0.3, 0.4) is 0 Å². The topological polar surface area (TPSA) is 98.2 Å². The molecule has 0 unspecified atom stereocenters. The average Bonchev–Trinajstić information content (AvgIpc) is 1.81. The summed E-state index contributed by atoms with van der Waals surface area (Å²) < 4.78 is 0. The quantitative estimate of drug-likeness (QED) is 0.520. The highest BCUT2D eigenvalue weighted by Gasteiger charge is 2.22. The lowest BCUT2D eigenvalue weighted by Gasteiger charge is -2.24. The van der Waals surface area contributed by atoms with Crippen molar-refractivity contribution in [2.75, 3.05) is 6.54 Å². The number of nitrogens with two attached hydrogens (primary N) is 2. The summed E-state index contributed by atoms with van der Waals surface area (Å²) in [6.45, 7) is 3.79. The second-order valence-corrected chi connectivity index (χ2v) is 3.61. The first-order valence-corrected chi connectivity index (χ1v) is 4.17. The van der Waals surface area contributed by atoms with Crippen LogP contribution < -0.4 is 16.8 Å². The van der Waals surface area contributed by atoms with Crippen molar-refractivity contribution in [3.05, 3.63) is 0 Å². The fraction of sp³-hybridized carbons (Fsp3) is 0.750. The summed E-state index contributed by atoms with van der Waals surface area (Å²) in [5.74, 6) is -0.591. The van der Waals surface area contributed by atoms with Gasteiger partial charge < -0.3 is 16.8 Å². The molecule has 13 heavy (non-hydrogen) atoms. The van der Waals surface area contributed by atoms with Gasteiger partial charge >= 0.3 is 0 Å². The fourth-order valence-electron chi connectivity index (χ4n) is 1.05. The predicted molar refractivity (Wildman–Crippen MR) is 49.7 cm³/mol. The molecule has 0 saturated carbocycles. The van der Waals surface area contributed by atoms with Gasteiger partial charge in [0.1, 0.15) is 0 Å². The maximum atomic E-state index is 11.1. The molecule has 0 heterocycles. The Balaban J connectivity index is 4.00. The Labute approximate surface area is 77.8 Å². The molecule has 76 valence electrons. The van der Waals surface area contributed by atoms with Gasteiger partial charge in [0.2, 0.25) is 11.8 Å². The summed E-state index contributed by atoms with van der Waals surface area (Å²) in [5, 5.41) is 2.67. The second-order valence-electron chi connectivity index (χ2n) is 3.61. The van der Waals surface area contributed by atoms with E-state index in [1.807, 2.05) is 0 Å². The van der Waals surface area contributed by atoms with Gasteiger partial charge in [-0.15, -0.1) is 0 Å². The summed E-state index contributed by atoms with van der Waals surface area (Å²) in [6, 6.07) is 0. The number of hydrogen-bond acceptors (Lipinski definition) is 3. The van der Waals surface area contributed by atoms with Gasteiger partial charge in [-0.25, -0.2) is 0 Å². The summed E-state index contributed by atoms with van der Waals surface area (Å²) in [7, 11) is 0. The first-order chi connectivity index (χ1) is 5.87. The van der Waals surface area contributed by atoms with Gasteiger partial charge in [-0.2, -0.15) is 0 Å². The van der Waals surface area contributed by atoms with E-state index in [9.17, 15) is 9.59 Å². The lowest BCUT2D eigenvalue weighted by molar-refractivity contribution is -0.123. The van der Waals surface area contributed by atoms with Crippen LogP contribution in [0, 0.1) is 0 Å². The third-order valence-corrected chi connectivity index (χ3v) is 1.47. The van der Waals surface area contributed by atoms with Gasteiger partial charge in [0.05, 0.1) is 0 Å². The number of carbonyl (C=O) groups is 2. The van der Waals surface area contributed by atoms with Gasteiger partial charge in [-0.05, 0) is 13.8 Å². The Morgan fingerprint density at radius 1 is 1.38 bits per heavy atom. The minimum Gasteiger partial charge on any atom is -0.370 e. The molecule has 0 radical (unpaired) electrons. The third-order valence-electron chi connectivity index (χ3n) is 1.47. The van der Waals surface area contributed by atoms with Crippen LogP contribution in [-0.4, -0.2) is 23.9 Å². The van der Waals surface area contributed by atoms with Gasteiger partial charge in [-0.1, -0.05) is 0 Å². The highest BCUT2D eigenvalue weighted by atomic mass is 16.2. The van der Waals surface area contributed by atoms with E-state index in [-0.39, 0.29) is 18.7 Å². The van der Waals surface area contributed by atoms with Crippen LogP contribution in [0.5, 0.6) is 0 Å². The van der Waals surface area contributed by atoms with E-state index in [1.165, 1.54) is 0 Å². The molecule has 0 bridgehead atoms. The lowest BCUT2D eigenvalue weighted by atomic mass is 10.0. The Hall–Kier alpha value is -1.10. The first-order valence-electron chi connectivity index (χ1n) is 4.17. The van der Waals surface area contributed by atoms with Crippen molar-refractivity contribution in [2.24, 2.45) is 11.5 Å². The molecule has 0 aliphatic heterocycles. The summed E-state index contributed by atoms with van der Waals surface area (Å²) in [6.07, 6.45) is 0.394. The molecule has 0 saturated heterocycles. The molecule has 0 aliphatic carbocycles. The number of hydrogen-bond donors (Lipinski definition) is 3. The highest BCUT2D eigenvalue weighted by molar-refractivity contribution is 5.79. The van der Waals surface area contributed by atoms with Crippen LogP contribution in [-0.2, 0) is 9.59 Å². The molecule has 0 aromatic rings. The van der Waals surface area contributed by atoms with Crippen molar-refractivity contribution in [3.63, 3.8) is 0 Å². The number of rotatable bonds is 5. The van der Waals surface area contributed by atoms with Crippen molar-refractivity contribution in [1.82, 2.24) is 5.32 Å². The van der Waals surface area contributed by atoms with Crippen molar-refractivity contribution in [1.29, 1.82) is 0 Å². The number of amides is 2. The molecule has 0 aromatic carbocycles. The Morgan fingerprint density at radius 3 is 2.31 bits per heavy atom. The Bertz CT molecular complexity index is 202. The van der Waals surface area contributed by atoms with Crippen molar-refractivity contribution < 1.29 is 9.59 Å². The zero-order valence-electron chi connectivity index (χ0n) is 8.09. The van der Waals surface area contributed by atoms with Crippen LogP contribution in [0.1, 0.15) is 26.7 Å². The highest BCUT2D eigenvalue weighted by Crippen LogP contribution is 2.07. The Morgan fingerprint density at radius 2 is 1.92 bits per heavy atom. The van der Waals surface area contributed by atoms with E-state index in [2.05, 4.69) is 5.32 Å². The van der Waals surface area contributed by atoms with Gasteiger partial charge in [0.15, 0.2) is 0 Å². The minimum absolute atomic E-state index is 0.128. The van der Waals surface area contributed by atoms with Crippen LogP contribution in [0.15, 0.2) is 0 Å². The average molecular weight is 187 g/mol. The molecule has 0 aromatic heterocycles. The molecule has 2 amide bonds. The van der Waals surface area contributed by atoms with Crippen LogP contribution >= 0.6 is 0 Å². The zero-order valence-corrected chi connectivity index (χ0v) is 8.09. The zero-order chi connectivity index (χ0) is 10.5. The molecule has 0 aliphatic rings. The van der Waals surface area contributed by atoms with E-state index in [1.54, 1.807) is 13.8 Å². The third kappa shape index (κ3) is 6.10. The molecular formula is C8H17N3O2. The van der Waals surface area contributed by atoms with Gasteiger partial charge in [0.25, 0.3) is 0 Å². The SMILES string of the molecule is CC(C)(CC(N)=O)NC(=O)CCN. The molecule has 5 nitrogen and oxygen atoms in total. The minimum atomic E-state index is -0.585. The standard InChI is InChI=1S/C8H17N3O2/c1-8(2,5-6(10)12)11-7(13)3-4-9/h3-5,9H2,1-2H3,(H2,10,12)(H,11,13). The van der Waals surface area contributed by atoms with Crippen LogP contribution in [0.2, 0.25) is 0 Å². The van der Waals surface area contributed by atoms with E-state index in [0.717, 1.165) is 0 Å². The van der Waals surface area contributed by atoms with Crippen molar-refractivity contribution in [2.45, 2.75) is 32.2 Å².